The molecule has 1 aromatic heterocycles. The molecule has 0 fully saturated rings. The number of hydrogen-bond donors (Lipinski definition) is 1. The van der Waals surface area contributed by atoms with E-state index in [1.54, 1.807) is 13.0 Å². The number of para-hydroxylation sites is 1. The minimum Gasteiger partial charge on any atom is -0.434 e. The van der Waals surface area contributed by atoms with E-state index in [2.05, 4.69) is 20.0 Å². The number of hydrogen-bond acceptors (Lipinski definition) is 4. The van der Waals surface area contributed by atoms with Crippen molar-refractivity contribution in [2.45, 2.75) is 32.8 Å². The third-order valence-electron chi connectivity index (χ3n) is 4.55. The second-order valence-corrected chi connectivity index (χ2v) is 6.66. The van der Waals surface area contributed by atoms with Crippen molar-refractivity contribution in [2.75, 3.05) is 5.32 Å². The van der Waals surface area contributed by atoms with Crippen LogP contribution in [0.4, 0.5) is 23.2 Å². The molecule has 0 saturated carbocycles. The van der Waals surface area contributed by atoms with Crippen molar-refractivity contribution in [1.82, 2.24) is 9.97 Å². The second kappa shape index (κ2) is 9.11. The Morgan fingerprint density at radius 1 is 1.16 bits per heavy atom. The first-order valence-corrected chi connectivity index (χ1v) is 9.39. The molecule has 0 radical (unpaired) electrons. The van der Waals surface area contributed by atoms with Crippen LogP contribution in [0.5, 0.6) is 5.75 Å². The van der Waals surface area contributed by atoms with Crippen molar-refractivity contribution < 1.29 is 27.1 Å². The average Bonchev–Trinajstić information content (AvgIpc) is 2.73. The average molecular weight is 433 g/mol. The van der Waals surface area contributed by atoms with E-state index in [9.17, 15) is 22.4 Å². The molecule has 0 aliphatic rings. The minimum absolute atomic E-state index is 0.0947. The highest BCUT2D eigenvalue weighted by molar-refractivity contribution is 6.04. The Bertz CT molecular complexity index is 1090. The van der Waals surface area contributed by atoms with E-state index in [-0.39, 0.29) is 46.1 Å². The Hall–Kier alpha value is -3.49. The van der Waals surface area contributed by atoms with Gasteiger partial charge in [0.15, 0.2) is 5.82 Å². The fourth-order valence-electron chi connectivity index (χ4n) is 2.90. The first-order chi connectivity index (χ1) is 14.7. The molecule has 1 amide bonds. The highest BCUT2D eigenvalue weighted by Gasteiger charge is 2.29. The van der Waals surface area contributed by atoms with Crippen LogP contribution >= 0.6 is 0 Å². The molecule has 0 spiro atoms. The lowest BCUT2D eigenvalue weighted by Gasteiger charge is -2.16. The molecule has 5 nitrogen and oxygen atoms in total. The Balaban J connectivity index is 1.85. The fraction of sp³-hybridized carbons (Fsp3) is 0.227. The summed E-state index contributed by atoms with van der Waals surface area (Å²) < 4.78 is 57.6. The van der Waals surface area contributed by atoms with Crippen LogP contribution in [0, 0.1) is 6.92 Å². The zero-order chi connectivity index (χ0) is 22.6. The quantitative estimate of drug-likeness (QED) is 0.478. The monoisotopic (exact) mass is 433 g/mol. The number of benzene rings is 2. The van der Waals surface area contributed by atoms with Gasteiger partial charge in [-0.3, -0.25) is 4.79 Å². The minimum atomic E-state index is -3.01. The molecular weight excluding hydrogens is 414 g/mol. The molecule has 1 heterocycles. The van der Waals surface area contributed by atoms with Gasteiger partial charge in [0, 0.05) is 23.9 Å². The molecule has 3 aromatic rings. The van der Waals surface area contributed by atoms with Crippen LogP contribution < -0.4 is 10.1 Å². The SMILES string of the molecule is CCC(F)(F)c1cccc(NC(=O)c2cnc(-c3ccccc3OC(F)F)nc2C)c1. The van der Waals surface area contributed by atoms with E-state index in [4.69, 9.17) is 0 Å². The van der Waals surface area contributed by atoms with Gasteiger partial charge in [-0.1, -0.05) is 31.2 Å². The van der Waals surface area contributed by atoms with Crippen LogP contribution in [0.15, 0.2) is 54.7 Å². The third kappa shape index (κ3) is 5.17. The van der Waals surface area contributed by atoms with Gasteiger partial charge in [0.05, 0.1) is 16.8 Å². The molecule has 3 rings (SSSR count). The highest BCUT2D eigenvalue weighted by atomic mass is 19.3. The largest absolute Gasteiger partial charge is 0.434 e. The zero-order valence-electron chi connectivity index (χ0n) is 16.7. The van der Waals surface area contributed by atoms with Crippen LogP contribution in [-0.2, 0) is 5.92 Å². The summed E-state index contributed by atoms with van der Waals surface area (Å²) in [5, 5.41) is 2.56. The van der Waals surface area contributed by atoms with E-state index in [0.29, 0.717) is 0 Å². The van der Waals surface area contributed by atoms with Crippen LogP contribution in [0.3, 0.4) is 0 Å². The van der Waals surface area contributed by atoms with Crippen LogP contribution in [-0.4, -0.2) is 22.5 Å². The molecule has 2 aromatic carbocycles. The Kier molecular flexibility index (Phi) is 6.53. The van der Waals surface area contributed by atoms with Crippen molar-refractivity contribution in [3.05, 3.63) is 71.5 Å². The number of aromatic nitrogens is 2. The van der Waals surface area contributed by atoms with Gasteiger partial charge in [0.1, 0.15) is 5.75 Å². The Morgan fingerprint density at radius 3 is 2.58 bits per heavy atom. The van der Waals surface area contributed by atoms with E-state index >= 15 is 0 Å². The van der Waals surface area contributed by atoms with Gasteiger partial charge in [-0.25, -0.2) is 18.7 Å². The second-order valence-electron chi connectivity index (χ2n) is 6.66. The number of halogens is 4. The molecule has 0 atom stereocenters. The number of amides is 1. The molecular formula is C22H19F4N3O2. The molecule has 0 saturated heterocycles. The summed E-state index contributed by atoms with van der Waals surface area (Å²) in [5.74, 6) is -3.58. The van der Waals surface area contributed by atoms with Gasteiger partial charge < -0.3 is 10.1 Å². The van der Waals surface area contributed by atoms with Gasteiger partial charge in [-0.05, 0) is 31.2 Å². The lowest BCUT2D eigenvalue weighted by atomic mass is 10.1. The van der Waals surface area contributed by atoms with Crippen molar-refractivity contribution in [1.29, 1.82) is 0 Å². The molecule has 162 valence electrons. The standard InChI is InChI=1S/C22H19F4N3O2/c1-3-22(25,26)14-7-6-8-15(11-14)29-20(30)17-12-27-19(28-13(17)2)16-9-4-5-10-18(16)31-21(23)24/h4-12,21H,3H2,1-2H3,(H,29,30). The maximum absolute atomic E-state index is 13.9. The lowest BCUT2D eigenvalue weighted by molar-refractivity contribution is -0.0494. The summed E-state index contributed by atoms with van der Waals surface area (Å²) in [4.78, 5) is 20.9. The van der Waals surface area contributed by atoms with Crippen LogP contribution in [0.25, 0.3) is 11.4 Å². The number of carbonyl (C=O) groups is 1. The van der Waals surface area contributed by atoms with Crippen molar-refractivity contribution in [3.63, 3.8) is 0 Å². The first-order valence-electron chi connectivity index (χ1n) is 9.39. The summed E-state index contributed by atoms with van der Waals surface area (Å²) >= 11 is 0. The van der Waals surface area contributed by atoms with Crippen molar-refractivity contribution >= 4 is 11.6 Å². The predicted molar refractivity (Wildman–Crippen MR) is 107 cm³/mol. The Morgan fingerprint density at radius 2 is 1.90 bits per heavy atom. The molecule has 0 bridgehead atoms. The lowest BCUT2D eigenvalue weighted by Crippen LogP contribution is -2.16. The molecule has 31 heavy (non-hydrogen) atoms. The number of aryl methyl sites for hydroxylation is 1. The number of carbonyl (C=O) groups excluding carboxylic acids is 1. The molecule has 0 aliphatic heterocycles. The Labute approximate surface area is 176 Å². The maximum Gasteiger partial charge on any atom is 0.387 e. The number of nitrogens with zero attached hydrogens (tertiary/aromatic N) is 2. The smallest absolute Gasteiger partial charge is 0.387 e. The molecule has 9 heteroatoms. The summed E-state index contributed by atoms with van der Waals surface area (Å²) in [7, 11) is 0. The summed E-state index contributed by atoms with van der Waals surface area (Å²) in [5.41, 5.74) is 0.641. The van der Waals surface area contributed by atoms with Gasteiger partial charge >= 0.3 is 6.61 Å². The fourth-order valence-corrected chi connectivity index (χ4v) is 2.90. The van der Waals surface area contributed by atoms with Gasteiger partial charge in [-0.2, -0.15) is 8.78 Å². The summed E-state index contributed by atoms with van der Waals surface area (Å²) in [6, 6.07) is 11.5. The van der Waals surface area contributed by atoms with E-state index < -0.39 is 18.4 Å². The zero-order valence-corrected chi connectivity index (χ0v) is 16.7. The number of alkyl halides is 4. The molecule has 0 aliphatic carbocycles. The third-order valence-corrected chi connectivity index (χ3v) is 4.55. The van der Waals surface area contributed by atoms with E-state index in [1.165, 1.54) is 55.6 Å². The van der Waals surface area contributed by atoms with Crippen molar-refractivity contribution in [3.8, 4) is 17.1 Å². The first kappa shape index (κ1) is 22.2. The normalized spacial score (nSPS) is 11.5. The predicted octanol–water partition coefficient (Wildman–Crippen LogP) is 5.81. The van der Waals surface area contributed by atoms with E-state index in [0.717, 1.165) is 0 Å². The van der Waals surface area contributed by atoms with Crippen LogP contribution in [0.1, 0.15) is 35.0 Å². The van der Waals surface area contributed by atoms with Crippen molar-refractivity contribution in [2.24, 2.45) is 0 Å². The molecule has 0 unspecified atom stereocenters. The number of anilines is 1. The van der Waals surface area contributed by atoms with Gasteiger partial charge in [-0.15, -0.1) is 0 Å². The van der Waals surface area contributed by atoms with Gasteiger partial charge in [0.25, 0.3) is 11.8 Å². The van der Waals surface area contributed by atoms with Gasteiger partial charge in [0.2, 0.25) is 0 Å². The summed E-state index contributed by atoms with van der Waals surface area (Å²) in [6.45, 7) is -0.0840. The number of nitrogens with one attached hydrogen (secondary N) is 1. The topological polar surface area (TPSA) is 64.1 Å². The molecule has 1 N–H and O–H groups in total. The number of ether oxygens (including phenoxy) is 1. The summed E-state index contributed by atoms with van der Waals surface area (Å²) in [6.07, 6.45) is 0.881. The van der Waals surface area contributed by atoms with E-state index in [1.807, 2.05) is 0 Å². The van der Waals surface area contributed by atoms with Crippen LogP contribution in [0.2, 0.25) is 0 Å². The highest BCUT2D eigenvalue weighted by Crippen LogP contribution is 2.33. The maximum atomic E-state index is 13.9. The number of rotatable bonds is 7.